The first-order valence-corrected chi connectivity index (χ1v) is 6.73. The Labute approximate surface area is 127 Å². The molecule has 0 saturated carbocycles. The van der Waals surface area contributed by atoms with Gasteiger partial charge in [-0.25, -0.2) is 0 Å². The third-order valence-corrected chi connectivity index (χ3v) is 2.59. The molecule has 8 heteroatoms. The maximum absolute atomic E-state index is 10.7. The van der Waals surface area contributed by atoms with E-state index < -0.39 is 4.92 Å². The second-order valence-corrected chi connectivity index (χ2v) is 4.40. The SMILES string of the molecule is COCCOCCOCCOc1cc(Cl)cc([N+](=O)[O-])c1. The van der Waals surface area contributed by atoms with Crippen molar-refractivity contribution in [2.75, 3.05) is 46.8 Å². The molecule has 1 rings (SSSR count). The van der Waals surface area contributed by atoms with E-state index in [9.17, 15) is 10.1 Å². The largest absolute Gasteiger partial charge is 0.491 e. The van der Waals surface area contributed by atoms with Gasteiger partial charge in [-0.2, -0.15) is 0 Å². The van der Waals surface area contributed by atoms with Crippen molar-refractivity contribution in [2.45, 2.75) is 0 Å². The Morgan fingerprint density at radius 3 is 2.29 bits per heavy atom. The van der Waals surface area contributed by atoms with Crippen molar-refractivity contribution < 1.29 is 23.9 Å². The van der Waals surface area contributed by atoms with Gasteiger partial charge in [-0.15, -0.1) is 0 Å². The summed E-state index contributed by atoms with van der Waals surface area (Å²) < 4.78 is 20.7. The average Bonchev–Trinajstić information content (AvgIpc) is 2.45. The van der Waals surface area contributed by atoms with Crippen LogP contribution in [0.4, 0.5) is 5.69 Å². The minimum Gasteiger partial charge on any atom is -0.491 e. The topological polar surface area (TPSA) is 80.1 Å². The minimum absolute atomic E-state index is 0.107. The fraction of sp³-hybridized carbons (Fsp3) is 0.538. The summed E-state index contributed by atoms with van der Waals surface area (Å²) in [4.78, 5) is 10.2. The predicted molar refractivity (Wildman–Crippen MR) is 77.1 cm³/mol. The average molecular weight is 320 g/mol. The predicted octanol–water partition coefficient (Wildman–Crippen LogP) is 2.31. The fourth-order valence-corrected chi connectivity index (χ4v) is 1.64. The van der Waals surface area contributed by atoms with Gasteiger partial charge in [0.15, 0.2) is 0 Å². The van der Waals surface area contributed by atoms with Gasteiger partial charge in [0.2, 0.25) is 0 Å². The van der Waals surface area contributed by atoms with Crippen molar-refractivity contribution in [2.24, 2.45) is 0 Å². The summed E-state index contributed by atoms with van der Waals surface area (Å²) >= 11 is 5.77. The molecule has 0 saturated heterocycles. The van der Waals surface area contributed by atoms with Crippen LogP contribution in [0.3, 0.4) is 0 Å². The van der Waals surface area contributed by atoms with Crippen LogP contribution in [0, 0.1) is 10.1 Å². The van der Waals surface area contributed by atoms with E-state index in [-0.39, 0.29) is 17.3 Å². The summed E-state index contributed by atoms with van der Waals surface area (Å²) in [5.74, 6) is 0.342. The van der Waals surface area contributed by atoms with Crippen molar-refractivity contribution in [1.82, 2.24) is 0 Å². The molecule has 0 aliphatic rings. The van der Waals surface area contributed by atoms with Crippen LogP contribution in [0.25, 0.3) is 0 Å². The highest BCUT2D eigenvalue weighted by Crippen LogP contribution is 2.25. The first kappa shape index (κ1) is 17.6. The number of rotatable bonds is 11. The molecule has 1 aromatic carbocycles. The maximum atomic E-state index is 10.7. The highest BCUT2D eigenvalue weighted by Gasteiger charge is 2.09. The normalized spacial score (nSPS) is 10.6. The van der Waals surface area contributed by atoms with Crippen LogP contribution < -0.4 is 4.74 Å². The Balaban J connectivity index is 2.17. The van der Waals surface area contributed by atoms with E-state index in [2.05, 4.69) is 0 Å². The molecule has 0 heterocycles. The fourth-order valence-electron chi connectivity index (χ4n) is 1.42. The smallest absolute Gasteiger partial charge is 0.274 e. The molecule has 0 aromatic heterocycles. The van der Waals surface area contributed by atoms with Crippen LogP contribution in [-0.2, 0) is 14.2 Å². The van der Waals surface area contributed by atoms with Crippen LogP contribution in [-0.4, -0.2) is 51.7 Å². The Kier molecular flexibility index (Phi) is 8.68. The highest BCUT2D eigenvalue weighted by molar-refractivity contribution is 6.30. The number of nitro groups is 1. The summed E-state index contributed by atoms with van der Waals surface area (Å²) in [7, 11) is 1.61. The molecule has 118 valence electrons. The number of nitro benzene ring substituents is 1. The Morgan fingerprint density at radius 2 is 1.67 bits per heavy atom. The van der Waals surface area contributed by atoms with Gasteiger partial charge in [0.1, 0.15) is 12.4 Å². The van der Waals surface area contributed by atoms with Gasteiger partial charge in [-0.05, 0) is 6.07 Å². The highest BCUT2D eigenvalue weighted by atomic mass is 35.5. The summed E-state index contributed by atoms with van der Waals surface area (Å²) in [6.07, 6.45) is 0. The van der Waals surface area contributed by atoms with Crippen molar-refractivity contribution in [3.63, 3.8) is 0 Å². The van der Waals surface area contributed by atoms with Gasteiger partial charge in [-0.3, -0.25) is 10.1 Å². The van der Waals surface area contributed by atoms with Crippen LogP contribution in [0.5, 0.6) is 5.75 Å². The van der Waals surface area contributed by atoms with Gasteiger partial charge >= 0.3 is 0 Å². The van der Waals surface area contributed by atoms with Crippen molar-refractivity contribution in [3.8, 4) is 5.75 Å². The summed E-state index contributed by atoms with van der Waals surface area (Å²) in [5, 5.41) is 10.9. The lowest BCUT2D eigenvalue weighted by atomic mass is 10.3. The van der Waals surface area contributed by atoms with Crippen molar-refractivity contribution in [1.29, 1.82) is 0 Å². The second-order valence-electron chi connectivity index (χ2n) is 3.97. The van der Waals surface area contributed by atoms with Gasteiger partial charge in [0, 0.05) is 13.2 Å². The van der Waals surface area contributed by atoms with Crippen LogP contribution >= 0.6 is 11.6 Å². The number of non-ortho nitro benzene ring substituents is 1. The maximum Gasteiger partial charge on any atom is 0.274 e. The second kappa shape index (κ2) is 10.3. The molecule has 0 unspecified atom stereocenters. The molecular formula is C13H18ClNO6. The van der Waals surface area contributed by atoms with Gasteiger partial charge < -0.3 is 18.9 Å². The lowest BCUT2D eigenvalue weighted by Gasteiger charge is -2.08. The van der Waals surface area contributed by atoms with E-state index in [4.69, 9.17) is 30.5 Å². The quantitative estimate of drug-likeness (QED) is 0.354. The zero-order valence-corrected chi connectivity index (χ0v) is 12.5. The zero-order chi connectivity index (χ0) is 15.5. The number of halogens is 1. The number of ether oxygens (including phenoxy) is 4. The molecule has 0 fully saturated rings. The van der Waals surface area contributed by atoms with E-state index in [0.29, 0.717) is 38.8 Å². The molecule has 7 nitrogen and oxygen atoms in total. The standard InChI is InChI=1S/C13H18ClNO6/c1-18-2-3-19-4-5-20-6-7-21-13-9-11(14)8-12(10-13)15(16)17/h8-10H,2-7H2,1H3. The summed E-state index contributed by atoms with van der Waals surface area (Å²) in [6, 6.07) is 4.10. The minimum atomic E-state index is -0.521. The van der Waals surface area contributed by atoms with Gasteiger partial charge in [0.25, 0.3) is 5.69 Å². The van der Waals surface area contributed by atoms with Crippen LogP contribution in [0.1, 0.15) is 0 Å². The number of hydrogen-bond acceptors (Lipinski definition) is 6. The molecule has 0 bridgehead atoms. The summed E-state index contributed by atoms with van der Waals surface area (Å²) in [6.45, 7) is 2.64. The van der Waals surface area contributed by atoms with E-state index in [1.165, 1.54) is 18.2 Å². The summed E-state index contributed by atoms with van der Waals surface area (Å²) in [5.41, 5.74) is -0.107. The van der Waals surface area contributed by atoms with E-state index in [1.807, 2.05) is 0 Å². The van der Waals surface area contributed by atoms with E-state index in [0.717, 1.165) is 0 Å². The number of hydrogen-bond donors (Lipinski definition) is 0. The first-order valence-electron chi connectivity index (χ1n) is 6.35. The van der Waals surface area contributed by atoms with E-state index in [1.54, 1.807) is 7.11 Å². The zero-order valence-electron chi connectivity index (χ0n) is 11.7. The van der Waals surface area contributed by atoms with E-state index >= 15 is 0 Å². The molecule has 1 aromatic rings. The lowest BCUT2D eigenvalue weighted by Crippen LogP contribution is -2.12. The van der Waals surface area contributed by atoms with Gasteiger partial charge in [0.05, 0.1) is 49.0 Å². The van der Waals surface area contributed by atoms with Gasteiger partial charge in [-0.1, -0.05) is 11.6 Å². The third-order valence-electron chi connectivity index (χ3n) is 2.37. The molecule has 0 N–H and O–H groups in total. The molecule has 21 heavy (non-hydrogen) atoms. The van der Waals surface area contributed by atoms with Crippen LogP contribution in [0.2, 0.25) is 5.02 Å². The van der Waals surface area contributed by atoms with Crippen molar-refractivity contribution >= 4 is 17.3 Å². The lowest BCUT2D eigenvalue weighted by molar-refractivity contribution is -0.384. The molecule has 0 radical (unpaired) electrons. The van der Waals surface area contributed by atoms with Crippen LogP contribution in [0.15, 0.2) is 18.2 Å². The molecule has 0 spiro atoms. The Morgan fingerprint density at radius 1 is 1.05 bits per heavy atom. The Hall–Kier alpha value is -1.41. The number of nitrogens with zero attached hydrogens (tertiary/aromatic N) is 1. The number of methoxy groups -OCH3 is 1. The van der Waals surface area contributed by atoms with Crippen molar-refractivity contribution in [3.05, 3.63) is 33.3 Å². The monoisotopic (exact) mass is 319 g/mol. The third kappa shape index (κ3) is 7.81. The Bertz CT molecular complexity index is 443. The number of benzene rings is 1. The molecular weight excluding hydrogens is 302 g/mol. The molecule has 0 aliphatic heterocycles. The molecule has 0 atom stereocenters. The molecule has 0 amide bonds. The molecule has 0 aliphatic carbocycles. The first-order chi connectivity index (χ1) is 10.1.